The van der Waals surface area contributed by atoms with E-state index < -0.39 is 5.97 Å². The average molecular weight is 296 g/mol. The van der Waals surface area contributed by atoms with E-state index in [-0.39, 0.29) is 12.3 Å². The summed E-state index contributed by atoms with van der Waals surface area (Å²) >= 11 is 6.08. The lowest BCUT2D eigenvalue weighted by Gasteiger charge is -2.13. The van der Waals surface area contributed by atoms with Gasteiger partial charge in [-0.1, -0.05) is 24.9 Å². The minimum absolute atomic E-state index is 0.0321. The molecule has 0 bridgehead atoms. The summed E-state index contributed by atoms with van der Waals surface area (Å²) in [5.41, 5.74) is 0.678. The summed E-state index contributed by atoms with van der Waals surface area (Å²) in [5.74, 6) is -0.343. The topological polar surface area (TPSA) is 93.8 Å². The molecule has 2 aromatic rings. The summed E-state index contributed by atoms with van der Waals surface area (Å²) in [6, 6.07) is 1.72. The molecule has 1 atom stereocenters. The highest BCUT2D eigenvalue weighted by molar-refractivity contribution is 6.33. The Morgan fingerprint density at radius 1 is 1.55 bits per heavy atom. The fraction of sp³-hybridized carbons (Fsp3) is 0.417. The van der Waals surface area contributed by atoms with Crippen LogP contribution < -0.4 is 0 Å². The maximum absolute atomic E-state index is 10.8. The van der Waals surface area contributed by atoms with Crippen LogP contribution in [0, 0.1) is 5.92 Å². The van der Waals surface area contributed by atoms with Crippen molar-refractivity contribution in [3.63, 3.8) is 0 Å². The molecule has 0 aromatic carbocycles. The maximum Gasteiger partial charge on any atom is 0.303 e. The van der Waals surface area contributed by atoms with Gasteiger partial charge in [0.05, 0.1) is 5.02 Å². The number of tetrazole rings is 1. The molecule has 0 saturated carbocycles. The molecule has 0 aliphatic rings. The van der Waals surface area contributed by atoms with Crippen molar-refractivity contribution in [2.75, 3.05) is 0 Å². The van der Waals surface area contributed by atoms with Crippen molar-refractivity contribution < 1.29 is 9.90 Å². The predicted octanol–water partition coefficient (Wildman–Crippen LogP) is 1.89. The van der Waals surface area contributed by atoms with Crippen LogP contribution in [0.4, 0.5) is 0 Å². The van der Waals surface area contributed by atoms with E-state index in [1.54, 1.807) is 16.9 Å². The number of hydrogen-bond acceptors (Lipinski definition) is 5. The number of aromatic nitrogens is 5. The van der Waals surface area contributed by atoms with Crippen molar-refractivity contribution in [3.8, 4) is 11.4 Å². The molecule has 7 nitrogen and oxygen atoms in total. The largest absolute Gasteiger partial charge is 0.481 e. The van der Waals surface area contributed by atoms with E-state index in [1.165, 1.54) is 6.20 Å². The highest BCUT2D eigenvalue weighted by Crippen LogP contribution is 2.25. The second-order valence-electron chi connectivity index (χ2n) is 4.41. The number of hydrogen-bond donors (Lipinski definition) is 1. The number of rotatable bonds is 6. The molecular weight excluding hydrogens is 282 g/mol. The third-order valence-corrected chi connectivity index (χ3v) is 3.32. The number of aliphatic carboxylic acids is 1. The highest BCUT2D eigenvalue weighted by atomic mass is 35.5. The van der Waals surface area contributed by atoms with Crippen molar-refractivity contribution in [3.05, 3.63) is 23.5 Å². The number of pyridine rings is 1. The molecule has 2 heterocycles. The number of carboxylic acids is 1. The van der Waals surface area contributed by atoms with Crippen molar-refractivity contribution in [2.24, 2.45) is 5.92 Å². The molecule has 0 radical (unpaired) electrons. The maximum atomic E-state index is 10.8. The van der Waals surface area contributed by atoms with Gasteiger partial charge < -0.3 is 5.11 Å². The Balaban J connectivity index is 2.25. The molecular formula is C12H14ClN5O2. The Kier molecular flexibility index (Phi) is 4.62. The fourth-order valence-electron chi connectivity index (χ4n) is 1.91. The molecule has 2 rings (SSSR count). The van der Waals surface area contributed by atoms with Crippen LogP contribution in [0.1, 0.15) is 19.8 Å². The second-order valence-corrected chi connectivity index (χ2v) is 4.82. The molecule has 0 fully saturated rings. The standard InChI is InChI=1S/C12H14ClN5O2/c1-2-8(5-11(19)20)7-18-12(15-16-17-18)9-3-4-14-6-10(9)13/h3-4,6,8H,2,5,7H2,1H3,(H,19,20). The summed E-state index contributed by atoms with van der Waals surface area (Å²) in [6.45, 7) is 2.38. The predicted molar refractivity (Wildman–Crippen MR) is 72.1 cm³/mol. The molecule has 1 unspecified atom stereocenters. The quantitative estimate of drug-likeness (QED) is 0.874. The summed E-state index contributed by atoms with van der Waals surface area (Å²) in [4.78, 5) is 14.7. The first-order valence-corrected chi connectivity index (χ1v) is 6.57. The zero-order valence-corrected chi connectivity index (χ0v) is 11.7. The fourth-order valence-corrected chi connectivity index (χ4v) is 2.11. The van der Waals surface area contributed by atoms with Crippen LogP contribution >= 0.6 is 11.6 Å². The lowest BCUT2D eigenvalue weighted by atomic mass is 10.0. The van der Waals surface area contributed by atoms with Crippen molar-refractivity contribution in [1.82, 2.24) is 25.2 Å². The first-order chi connectivity index (χ1) is 9.61. The molecule has 0 saturated heterocycles. The number of halogens is 1. The Bertz CT molecular complexity index is 601. The van der Waals surface area contributed by atoms with Crippen LogP contribution in [0.5, 0.6) is 0 Å². The molecule has 0 aliphatic carbocycles. The Morgan fingerprint density at radius 3 is 3.00 bits per heavy atom. The normalized spacial score (nSPS) is 12.3. The molecule has 8 heteroatoms. The van der Waals surface area contributed by atoms with Crippen molar-refractivity contribution in [1.29, 1.82) is 0 Å². The Morgan fingerprint density at radius 2 is 2.35 bits per heavy atom. The van der Waals surface area contributed by atoms with Gasteiger partial charge in [-0.25, -0.2) is 4.68 Å². The summed E-state index contributed by atoms with van der Waals surface area (Å²) in [5, 5.41) is 20.8. The van der Waals surface area contributed by atoms with Gasteiger partial charge in [-0.2, -0.15) is 0 Å². The third-order valence-electron chi connectivity index (χ3n) is 3.02. The van der Waals surface area contributed by atoms with Gasteiger partial charge in [0.15, 0.2) is 5.82 Å². The average Bonchev–Trinajstić information content (AvgIpc) is 2.86. The van der Waals surface area contributed by atoms with Crippen LogP contribution in [-0.2, 0) is 11.3 Å². The van der Waals surface area contributed by atoms with Gasteiger partial charge >= 0.3 is 5.97 Å². The zero-order valence-electron chi connectivity index (χ0n) is 10.9. The van der Waals surface area contributed by atoms with Gasteiger partial charge in [0.25, 0.3) is 0 Å². The lowest BCUT2D eigenvalue weighted by Crippen LogP contribution is -2.16. The van der Waals surface area contributed by atoms with Gasteiger partial charge in [0.1, 0.15) is 0 Å². The van der Waals surface area contributed by atoms with E-state index >= 15 is 0 Å². The number of carboxylic acid groups (broad SMARTS) is 1. The van der Waals surface area contributed by atoms with E-state index in [1.807, 2.05) is 6.92 Å². The molecule has 20 heavy (non-hydrogen) atoms. The zero-order chi connectivity index (χ0) is 14.5. The molecule has 2 aromatic heterocycles. The number of carbonyl (C=O) groups is 1. The van der Waals surface area contributed by atoms with Crippen LogP contribution in [-0.4, -0.2) is 36.3 Å². The molecule has 0 amide bonds. The van der Waals surface area contributed by atoms with Crippen LogP contribution in [0.2, 0.25) is 5.02 Å². The molecule has 106 valence electrons. The molecule has 1 N–H and O–H groups in total. The van der Waals surface area contributed by atoms with E-state index in [4.69, 9.17) is 16.7 Å². The van der Waals surface area contributed by atoms with Crippen molar-refractivity contribution in [2.45, 2.75) is 26.3 Å². The summed E-state index contributed by atoms with van der Waals surface area (Å²) < 4.78 is 1.58. The minimum atomic E-state index is -0.826. The van der Waals surface area contributed by atoms with Gasteiger partial charge in [0.2, 0.25) is 0 Å². The van der Waals surface area contributed by atoms with E-state index in [0.717, 1.165) is 6.42 Å². The Hall–Kier alpha value is -2.02. The summed E-state index contributed by atoms with van der Waals surface area (Å²) in [7, 11) is 0. The first-order valence-electron chi connectivity index (χ1n) is 6.19. The first kappa shape index (κ1) is 14.4. The third kappa shape index (κ3) is 3.30. The molecule has 0 aliphatic heterocycles. The van der Waals surface area contributed by atoms with E-state index in [9.17, 15) is 4.79 Å². The minimum Gasteiger partial charge on any atom is -0.481 e. The summed E-state index contributed by atoms with van der Waals surface area (Å²) in [6.07, 6.45) is 3.94. The lowest BCUT2D eigenvalue weighted by molar-refractivity contribution is -0.138. The smallest absolute Gasteiger partial charge is 0.303 e. The van der Waals surface area contributed by atoms with E-state index in [0.29, 0.717) is 23.0 Å². The van der Waals surface area contributed by atoms with Crippen LogP contribution in [0.25, 0.3) is 11.4 Å². The highest BCUT2D eigenvalue weighted by Gasteiger charge is 2.17. The van der Waals surface area contributed by atoms with Gasteiger partial charge in [-0.3, -0.25) is 9.78 Å². The number of nitrogens with zero attached hydrogens (tertiary/aromatic N) is 5. The SMILES string of the molecule is CCC(CC(=O)O)Cn1nnnc1-c1ccncc1Cl. The second kappa shape index (κ2) is 6.42. The van der Waals surface area contributed by atoms with Gasteiger partial charge in [-0.05, 0) is 22.4 Å². The van der Waals surface area contributed by atoms with E-state index in [2.05, 4.69) is 20.5 Å². The molecule has 0 spiro atoms. The van der Waals surface area contributed by atoms with Gasteiger partial charge in [-0.15, -0.1) is 5.10 Å². The van der Waals surface area contributed by atoms with Crippen LogP contribution in [0.3, 0.4) is 0 Å². The van der Waals surface area contributed by atoms with Crippen LogP contribution in [0.15, 0.2) is 18.5 Å². The van der Waals surface area contributed by atoms with Crippen molar-refractivity contribution >= 4 is 17.6 Å². The van der Waals surface area contributed by atoms with Gasteiger partial charge in [0, 0.05) is 30.9 Å². The monoisotopic (exact) mass is 295 g/mol. The Labute approximate surface area is 120 Å².